The van der Waals surface area contributed by atoms with Crippen LogP contribution in [0.2, 0.25) is 0 Å². The second-order valence-electron chi connectivity index (χ2n) is 7.31. The molecule has 4 aromatic rings. The normalized spacial score (nSPS) is 11.3. The largest absolute Gasteiger partial charge is 0.367 e. The molecule has 0 aliphatic carbocycles. The molecule has 0 spiro atoms. The Bertz CT molecular complexity index is 1270. The van der Waals surface area contributed by atoms with E-state index in [1.807, 2.05) is 12.1 Å². The first-order valence-corrected chi connectivity index (χ1v) is 11.2. The third-order valence-corrected chi connectivity index (χ3v) is 6.07. The number of aryl methyl sites for hydroxylation is 1. The number of rotatable bonds is 8. The van der Waals surface area contributed by atoms with E-state index in [0.29, 0.717) is 15.9 Å². The first-order chi connectivity index (χ1) is 15.6. The summed E-state index contributed by atoms with van der Waals surface area (Å²) >= 11 is 1.19. The molecule has 0 atom stereocenters. The lowest BCUT2D eigenvalue weighted by Gasteiger charge is -2.24. The smallest absolute Gasteiger partial charge is 0.270 e. The van der Waals surface area contributed by atoms with Gasteiger partial charge in [-0.1, -0.05) is 37.3 Å². The fourth-order valence-electron chi connectivity index (χ4n) is 3.54. The number of hydrogen-bond donors (Lipinski definition) is 0. The molecule has 0 amide bonds. The molecule has 162 valence electrons. The van der Waals surface area contributed by atoms with E-state index in [1.54, 1.807) is 6.07 Å². The van der Waals surface area contributed by atoms with Crippen molar-refractivity contribution in [3.63, 3.8) is 0 Å². The van der Waals surface area contributed by atoms with Crippen molar-refractivity contribution in [1.82, 2.24) is 4.37 Å². The van der Waals surface area contributed by atoms with E-state index in [2.05, 4.69) is 69.7 Å². The quantitative estimate of drug-likeness (QED) is 0.163. The van der Waals surface area contributed by atoms with E-state index < -0.39 is 4.92 Å². The molecule has 0 fully saturated rings. The molecule has 8 heteroatoms. The van der Waals surface area contributed by atoms with Crippen molar-refractivity contribution in [3.05, 3.63) is 88.0 Å². The fraction of sp³-hybridized carbons (Fsp3) is 0.208. The predicted octanol–water partition coefficient (Wildman–Crippen LogP) is 7.21. The van der Waals surface area contributed by atoms with Gasteiger partial charge in [0.1, 0.15) is 0 Å². The Morgan fingerprint density at radius 2 is 1.84 bits per heavy atom. The molecule has 7 nitrogen and oxygen atoms in total. The Morgan fingerprint density at radius 1 is 1.03 bits per heavy atom. The van der Waals surface area contributed by atoms with Crippen LogP contribution in [-0.2, 0) is 13.0 Å². The number of benzene rings is 3. The molecular weight excluding hydrogens is 422 g/mol. The molecule has 32 heavy (non-hydrogen) atoms. The average molecular weight is 446 g/mol. The monoisotopic (exact) mass is 445 g/mol. The van der Waals surface area contributed by atoms with Crippen LogP contribution in [0.15, 0.2) is 77.0 Å². The molecule has 0 saturated heterocycles. The summed E-state index contributed by atoms with van der Waals surface area (Å²) in [6, 6.07) is 21.2. The third kappa shape index (κ3) is 4.65. The van der Waals surface area contributed by atoms with Crippen LogP contribution in [0.3, 0.4) is 0 Å². The van der Waals surface area contributed by atoms with Crippen molar-refractivity contribution in [2.24, 2.45) is 10.2 Å². The van der Waals surface area contributed by atoms with Crippen LogP contribution in [0.25, 0.3) is 10.9 Å². The maximum Gasteiger partial charge on any atom is 0.270 e. The summed E-state index contributed by atoms with van der Waals surface area (Å²) in [7, 11) is 0. The second-order valence-corrected chi connectivity index (χ2v) is 8.06. The fourth-order valence-corrected chi connectivity index (χ4v) is 4.22. The van der Waals surface area contributed by atoms with Gasteiger partial charge in [0, 0.05) is 36.3 Å². The van der Waals surface area contributed by atoms with E-state index >= 15 is 0 Å². The molecule has 4 rings (SSSR count). The summed E-state index contributed by atoms with van der Waals surface area (Å²) < 4.78 is 4.32. The van der Waals surface area contributed by atoms with Crippen molar-refractivity contribution in [1.29, 1.82) is 0 Å². The van der Waals surface area contributed by atoms with Crippen molar-refractivity contribution < 1.29 is 4.92 Å². The van der Waals surface area contributed by atoms with Crippen LogP contribution < -0.4 is 4.90 Å². The van der Waals surface area contributed by atoms with Crippen molar-refractivity contribution >= 4 is 44.5 Å². The highest BCUT2D eigenvalue weighted by molar-refractivity contribution is 7.11. The van der Waals surface area contributed by atoms with Gasteiger partial charge in [-0.25, -0.2) is 0 Å². The molecule has 1 aromatic heterocycles. The Balaban J connectivity index is 1.61. The molecule has 1 heterocycles. The van der Waals surface area contributed by atoms with Crippen molar-refractivity contribution in [2.45, 2.75) is 26.8 Å². The van der Waals surface area contributed by atoms with Crippen LogP contribution in [0, 0.1) is 10.1 Å². The highest BCUT2D eigenvalue weighted by Crippen LogP contribution is 2.35. The molecule has 0 unspecified atom stereocenters. The lowest BCUT2D eigenvalue weighted by molar-refractivity contribution is -0.384. The van der Waals surface area contributed by atoms with Gasteiger partial charge in [0.25, 0.3) is 5.69 Å². The summed E-state index contributed by atoms with van der Waals surface area (Å²) in [5.74, 6) is 0. The molecule has 0 N–H and O–H groups in total. The Kier molecular flexibility index (Phi) is 6.51. The Morgan fingerprint density at radius 3 is 2.56 bits per heavy atom. The van der Waals surface area contributed by atoms with Crippen LogP contribution >= 0.6 is 11.5 Å². The first-order valence-electron chi connectivity index (χ1n) is 10.5. The lowest BCUT2D eigenvalue weighted by Crippen LogP contribution is -2.22. The first kappa shape index (κ1) is 21.6. The van der Waals surface area contributed by atoms with E-state index in [4.69, 9.17) is 0 Å². The van der Waals surface area contributed by atoms with Crippen LogP contribution in [0.1, 0.15) is 25.0 Å². The molecule has 0 bridgehead atoms. The number of hydrogen-bond acceptors (Lipinski definition) is 7. The zero-order valence-electron chi connectivity index (χ0n) is 17.9. The summed E-state index contributed by atoms with van der Waals surface area (Å²) in [6.07, 6.45) is 0.819. The molecule has 3 aromatic carbocycles. The number of nitrogens with zero attached hydrogens (tertiary/aromatic N) is 5. The molecule has 0 aliphatic rings. The SMILES string of the molecule is CCc1cc(N(CC)Cc2ccccc2)ccc1N=Nc1snc2ccc([N+](=O)[O-])cc12. The van der Waals surface area contributed by atoms with Crippen LogP contribution in [0.5, 0.6) is 0 Å². The van der Waals surface area contributed by atoms with Gasteiger partial charge in [-0.15, -0.1) is 10.2 Å². The lowest BCUT2D eigenvalue weighted by atomic mass is 10.1. The Hall–Kier alpha value is -3.65. The number of nitro benzene ring substituents is 1. The van der Waals surface area contributed by atoms with Gasteiger partial charge >= 0.3 is 0 Å². The zero-order chi connectivity index (χ0) is 22.5. The summed E-state index contributed by atoms with van der Waals surface area (Å²) in [5.41, 5.74) is 5.00. The maximum absolute atomic E-state index is 11.1. The van der Waals surface area contributed by atoms with E-state index in [0.717, 1.165) is 36.4 Å². The molecule has 0 radical (unpaired) electrons. The number of nitro groups is 1. The van der Waals surface area contributed by atoms with Gasteiger partial charge < -0.3 is 4.90 Å². The number of non-ortho nitro benzene ring substituents is 1. The highest BCUT2D eigenvalue weighted by atomic mass is 32.1. The van der Waals surface area contributed by atoms with Crippen molar-refractivity contribution in [2.75, 3.05) is 11.4 Å². The van der Waals surface area contributed by atoms with Crippen molar-refractivity contribution in [3.8, 4) is 0 Å². The van der Waals surface area contributed by atoms with E-state index in [1.165, 1.54) is 29.2 Å². The minimum Gasteiger partial charge on any atom is -0.367 e. The third-order valence-electron chi connectivity index (χ3n) is 5.31. The minimum absolute atomic E-state index is 0.0193. The van der Waals surface area contributed by atoms with Crippen LogP contribution in [0.4, 0.5) is 22.1 Å². The molecule has 0 aliphatic heterocycles. The number of anilines is 1. The Labute approximate surface area is 190 Å². The zero-order valence-corrected chi connectivity index (χ0v) is 18.7. The minimum atomic E-state index is -0.416. The van der Waals surface area contributed by atoms with E-state index in [-0.39, 0.29) is 5.69 Å². The topological polar surface area (TPSA) is 84.0 Å². The van der Waals surface area contributed by atoms with Gasteiger partial charge in [0.2, 0.25) is 0 Å². The number of fused-ring (bicyclic) bond motifs is 1. The molecule has 0 saturated carbocycles. The van der Waals surface area contributed by atoms with Gasteiger partial charge in [0.05, 0.1) is 16.1 Å². The summed E-state index contributed by atoms with van der Waals surface area (Å²) in [4.78, 5) is 13.0. The van der Waals surface area contributed by atoms with Gasteiger partial charge in [-0.05, 0) is 60.3 Å². The standard InChI is InChI=1S/C24H23N5O2S/c1-3-18-14-19(28(4-2)16-17-8-6-5-7-9-17)10-12-22(18)25-26-24-21-15-20(29(30)31)11-13-23(21)27-32-24/h5-15H,3-4,16H2,1-2H3. The molecular formula is C24H23N5O2S. The predicted molar refractivity (Wildman–Crippen MR) is 129 cm³/mol. The maximum atomic E-state index is 11.1. The second kappa shape index (κ2) is 9.65. The average Bonchev–Trinajstić information content (AvgIpc) is 3.24. The number of aromatic nitrogens is 1. The van der Waals surface area contributed by atoms with Gasteiger partial charge in [-0.3, -0.25) is 10.1 Å². The van der Waals surface area contributed by atoms with Crippen LogP contribution in [-0.4, -0.2) is 15.8 Å². The summed E-state index contributed by atoms with van der Waals surface area (Å²) in [5, 5.41) is 21.1. The highest BCUT2D eigenvalue weighted by Gasteiger charge is 2.13. The van der Waals surface area contributed by atoms with Gasteiger partial charge in [-0.2, -0.15) is 4.37 Å². The summed E-state index contributed by atoms with van der Waals surface area (Å²) in [6.45, 7) is 5.98. The van der Waals surface area contributed by atoms with E-state index in [9.17, 15) is 10.1 Å². The van der Waals surface area contributed by atoms with Gasteiger partial charge in [0.15, 0.2) is 5.00 Å². The number of azo groups is 1.